The Morgan fingerprint density at radius 3 is 2.44 bits per heavy atom. The Bertz CT molecular complexity index is 2080. The number of piperazine rings is 1. The van der Waals surface area contributed by atoms with Gasteiger partial charge in [-0.1, -0.05) is 58.9 Å². The SMILES string of the molecule is CCCOCCC(C)(C)CC(C)(C)CCN1CCN(C)[C@H](c2ccc(Nc3nc(-c4cccc(NC(=O)c5cc6c(s5)CCCC6)c4C)cn(C)c3=O)cc2)C1=O. The number of benzene rings is 2. The van der Waals surface area contributed by atoms with Crippen LogP contribution in [0.4, 0.5) is 17.2 Å². The third kappa shape index (κ3) is 10.4. The number of thiophene rings is 1. The Morgan fingerprint density at radius 1 is 0.965 bits per heavy atom. The quantitative estimate of drug-likeness (QED) is 0.109. The van der Waals surface area contributed by atoms with Gasteiger partial charge in [0.25, 0.3) is 11.5 Å². The molecule has 1 atom stereocenters. The highest BCUT2D eigenvalue weighted by Gasteiger charge is 2.36. The van der Waals surface area contributed by atoms with Crippen molar-refractivity contribution in [2.45, 2.75) is 99.0 Å². The minimum atomic E-state index is -0.377. The van der Waals surface area contributed by atoms with Gasteiger partial charge in [-0.2, -0.15) is 0 Å². The zero-order chi connectivity index (χ0) is 40.9. The number of hydrogen-bond donors (Lipinski definition) is 2. The standard InChI is InChI=1S/C46H62N6O4S/c1-9-26-56-27-22-46(5,6)30-45(3,4)21-23-52-25-24-50(7)40(43(52)54)32-17-19-34(20-18-32)47-41-44(55)51(8)29-37(48-41)35-14-12-15-36(31(35)2)49-42(53)39-28-33-13-10-11-16-38(33)57-39/h12,14-15,17-20,28-29,40H,9-11,13,16,21-27,30H2,1-8H3,(H,47,48)(H,49,53)/t40-/m1/s1. The lowest BCUT2D eigenvalue weighted by Gasteiger charge is -2.41. The molecular formula is C46H62N6O4S. The lowest BCUT2D eigenvalue weighted by molar-refractivity contribution is -0.141. The van der Waals surface area contributed by atoms with Crippen LogP contribution in [0.15, 0.2) is 59.5 Å². The van der Waals surface area contributed by atoms with Crippen LogP contribution in [-0.4, -0.2) is 71.1 Å². The predicted molar refractivity (Wildman–Crippen MR) is 233 cm³/mol. The van der Waals surface area contributed by atoms with E-state index in [4.69, 9.17) is 9.72 Å². The number of likely N-dealkylation sites (N-methyl/N-ethyl adjacent to an activating group) is 1. The minimum absolute atomic E-state index is 0.0876. The zero-order valence-electron chi connectivity index (χ0n) is 35.3. The molecule has 1 aliphatic heterocycles. The number of aromatic nitrogens is 2. The van der Waals surface area contributed by atoms with Crippen LogP contribution in [0.1, 0.15) is 110 Å². The van der Waals surface area contributed by atoms with E-state index in [1.165, 1.54) is 27.8 Å². The first-order valence-electron chi connectivity index (χ1n) is 20.7. The second-order valence-electron chi connectivity index (χ2n) is 17.7. The minimum Gasteiger partial charge on any atom is -0.381 e. The molecule has 0 bridgehead atoms. The van der Waals surface area contributed by atoms with Gasteiger partial charge in [0.2, 0.25) is 5.91 Å². The van der Waals surface area contributed by atoms with Crippen LogP contribution in [0.25, 0.3) is 11.3 Å². The van der Waals surface area contributed by atoms with Gasteiger partial charge < -0.3 is 24.8 Å². The van der Waals surface area contributed by atoms with Gasteiger partial charge in [0, 0.05) is 67.9 Å². The monoisotopic (exact) mass is 794 g/mol. The lowest BCUT2D eigenvalue weighted by Crippen LogP contribution is -2.51. The van der Waals surface area contributed by atoms with Crippen LogP contribution < -0.4 is 16.2 Å². The predicted octanol–water partition coefficient (Wildman–Crippen LogP) is 9.16. The molecule has 4 aromatic rings. The maximum absolute atomic E-state index is 14.0. The molecule has 0 saturated carbocycles. The number of hydrogen-bond acceptors (Lipinski definition) is 8. The van der Waals surface area contributed by atoms with Gasteiger partial charge in [-0.05, 0) is 117 Å². The van der Waals surface area contributed by atoms with Crippen LogP contribution in [-0.2, 0) is 29.4 Å². The maximum Gasteiger partial charge on any atom is 0.293 e. The molecule has 1 aliphatic carbocycles. The van der Waals surface area contributed by atoms with E-state index >= 15 is 0 Å². The molecule has 10 nitrogen and oxygen atoms in total. The van der Waals surface area contributed by atoms with Gasteiger partial charge in [-0.15, -0.1) is 11.3 Å². The summed E-state index contributed by atoms with van der Waals surface area (Å²) in [6.07, 6.45) is 10.2. The van der Waals surface area contributed by atoms with Crippen molar-refractivity contribution in [3.8, 4) is 11.3 Å². The summed E-state index contributed by atoms with van der Waals surface area (Å²) >= 11 is 1.60. The molecule has 0 spiro atoms. The van der Waals surface area contributed by atoms with Crippen molar-refractivity contribution >= 4 is 40.3 Å². The van der Waals surface area contributed by atoms with Crippen LogP contribution in [0.3, 0.4) is 0 Å². The van der Waals surface area contributed by atoms with Gasteiger partial charge in [0.15, 0.2) is 5.82 Å². The number of rotatable bonds is 16. The number of nitrogens with one attached hydrogen (secondary N) is 2. The molecule has 0 unspecified atom stereocenters. The summed E-state index contributed by atoms with van der Waals surface area (Å²) in [5.41, 5.74) is 5.91. The van der Waals surface area contributed by atoms with Crippen molar-refractivity contribution < 1.29 is 14.3 Å². The highest BCUT2D eigenvalue weighted by Crippen LogP contribution is 2.39. The van der Waals surface area contributed by atoms with Gasteiger partial charge in [-0.3, -0.25) is 19.3 Å². The fourth-order valence-corrected chi connectivity index (χ4v) is 9.69. The summed E-state index contributed by atoms with van der Waals surface area (Å²) in [7, 11) is 3.72. The van der Waals surface area contributed by atoms with Crippen LogP contribution in [0.5, 0.6) is 0 Å². The Morgan fingerprint density at radius 2 is 1.70 bits per heavy atom. The third-order valence-corrected chi connectivity index (χ3v) is 12.9. The largest absolute Gasteiger partial charge is 0.381 e. The topological polar surface area (TPSA) is 109 Å². The molecule has 306 valence electrons. The van der Waals surface area contributed by atoms with E-state index in [0.717, 1.165) is 86.4 Å². The zero-order valence-corrected chi connectivity index (χ0v) is 36.1. The number of aryl methyl sites for hydroxylation is 3. The molecule has 0 radical (unpaired) electrons. The Balaban J connectivity index is 1.11. The summed E-state index contributed by atoms with van der Waals surface area (Å²) in [5.74, 6) is 0.210. The Hall–Kier alpha value is -4.32. The number of fused-ring (bicyclic) bond motifs is 1. The molecule has 2 aromatic heterocycles. The number of carbonyl (C=O) groups excluding carboxylic acids is 2. The average molecular weight is 795 g/mol. The Kier molecular flexibility index (Phi) is 13.4. The molecule has 1 saturated heterocycles. The van der Waals surface area contributed by atoms with Crippen LogP contribution in [0, 0.1) is 17.8 Å². The van der Waals surface area contributed by atoms with Crippen molar-refractivity contribution in [2.75, 3.05) is 50.5 Å². The summed E-state index contributed by atoms with van der Waals surface area (Å²) in [5, 5.41) is 6.36. The van der Waals surface area contributed by atoms with Gasteiger partial charge in [0.1, 0.15) is 6.04 Å². The average Bonchev–Trinajstić information content (AvgIpc) is 3.61. The Labute approximate surface area is 343 Å². The fraction of sp³-hybridized carbons (Fsp3) is 0.522. The second kappa shape index (κ2) is 18.1. The van der Waals surface area contributed by atoms with E-state index in [1.54, 1.807) is 24.6 Å². The molecular weight excluding hydrogens is 733 g/mol. The highest BCUT2D eigenvalue weighted by molar-refractivity contribution is 7.14. The lowest BCUT2D eigenvalue weighted by atomic mass is 9.72. The van der Waals surface area contributed by atoms with Crippen LogP contribution >= 0.6 is 11.3 Å². The number of nitrogens with zero attached hydrogens (tertiary/aromatic N) is 4. The van der Waals surface area contributed by atoms with E-state index in [9.17, 15) is 14.4 Å². The molecule has 2 aliphatic rings. The van der Waals surface area contributed by atoms with E-state index < -0.39 is 0 Å². The third-order valence-electron chi connectivity index (χ3n) is 11.6. The van der Waals surface area contributed by atoms with Crippen molar-refractivity contribution in [3.05, 3.63) is 91.5 Å². The summed E-state index contributed by atoms with van der Waals surface area (Å²) in [6, 6.07) is 15.2. The van der Waals surface area contributed by atoms with E-state index in [-0.39, 0.29) is 40.1 Å². The van der Waals surface area contributed by atoms with Crippen molar-refractivity contribution in [2.24, 2.45) is 17.9 Å². The van der Waals surface area contributed by atoms with E-state index in [0.29, 0.717) is 23.6 Å². The molecule has 1 fully saturated rings. The molecule has 57 heavy (non-hydrogen) atoms. The fourth-order valence-electron chi connectivity index (χ4n) is 8.54. The van der Waals surface area contributed by atoms with Gasteiger partial charge >= 0.3 is 0 Å². The van der Waals surface area contributed by atoms with Crippen molar-refractivity contribution in [1.82, 2.24) is 19.4 Å². The first-order valence-corrected chi connectivity index (χ1v) is 21.5. The molecule has 11 heteroatoms. The summed E-state index contributed by atoms with van der Waals surface area (Å²) in [4.78, 5) is 51.6. The van der Waals surface area contributed by atoms with Gasteiger partial charge in [0.05, 0.1) is 10.6 Å². The molecule has 3 heterocycles. The van der Waals surface area contributed by atoms with E-state index in [2.05, 4.69) is 50.2 Å². The molecule has 2 amide bonds. The first kappa shape index (κ1) is 42.3. The molecule has 2 aromatic carbocycles. The molecule has 2 N–H and O–H groups in total. The first-order chi connectivity index (χ1) is 27.1. The summed E-state index contributed by atoms with van der Waals surface area (Å²) in [6.45, 7) is 17.2. The molecule has 6 rings (SSSR count). The number of ether oxygens (including phenoxy) is 1. The van der Waals surface area contributed by atoms with Gasteiger partial charge in [-0.25, -0.2) is 4.98 Å². The maximum atomic E-state index is 14.0. The number of anilines is 3. The van der Waals surface area contributed by atoms with Crippen LogP contribution in [0.2, 0.25) is 0 Å². The second-order valence-corrected chi connectivity index (χ2v) is 18.8. The summed E-state index contributed by atoms with van der Waals surface area (Å²) < 4.78 is 7.30. The highest BCUT2D eigenvalue weighted by atomic mass is 32.1. The number of carbonyl (C=O) groups is 2. The smallest absolute Gasteiger partial charge is 0.293 e. The number of amides is 2. The van der Waals surface area contributed by atoms with E-state index in [1.807, 2.05) is 67.4 Å². The normalized spacial score (nSPS) is 16.5. The van der Waals surface area contributed by atoms with Crippen molar-refractivity contribution in [1.29, 1.82) is 0 Å². The van der Waals surface area contributed by atoms with Crippen molar-refractivity contribution in [3.63, 3.8) is 0 Å².